The van der Waals surface area contributed by atoms with Crippen molar-refractivity contribution in [3.8, 4) is 0 Å². The van der Waals surface area contributed by atoms with Gasteiger partial charge in [0.1, 0.15) is 5.76 Å². The third-order valence-corrected chi connectivity index (χ3v) is 5.31. The fourth-order valence-corrected chi connectivity index (χ4v) is 3.92. The van der Waals surface area contributed by atoms with Crippen molar-refractivity contribution in [1.29, 1.82) is 0 Å². The summed E-state index contributed by atoms with van der Waals surface area (Å²) < 4.78 is 0. The summed E-state index contributed by atoms with van der Waals surface area (Å²) in [6, 6.07) is 6.33. The molecule has 8 heteroatoms. The molecule has 2 aromatic rings. The second-order valence-corrected chi connectivity index (χ2v) is 7.95. The monoisotopic (exact) mass is 416 g/mol. The van der Waals surface area contributed by atoms with Crippen LogP contribution in [0.4, 0.5) is 0 Å². The number of hydrogen-bond acceptors (Lipinski definition) is 5. The SMILES string of the molecule is Cc1n[nH]c(C)c1C(O)=C1C(=O)C(=O)N(CCCN(C)C)[C@@H]1c1cccc(Cl)c1. The summed E-state index contributed by atoms with van der Waals surface area (Å²) in [5.74, 6) is -1.53. The Balaban J connectivity index is 2.13. The topological polar surface area (TPSA) is 89.5 Å². The van der Waals surface area contributed by atoms with Crippen LogP contribution in [0, 0.1) is 13.8 Å². The number of carbonyl (C=O) groups excluding carboxylic acids is 2. The Bertz CT molecular complexity index is 961. The first-order valence-corrected chi connectivity index (χ1v) is 9.80. The predicted octanol–water partition coefficient (Wildman–Crippen LogP) is 3.05. The third-order valence-electron chi connectivity index (χ3n) is 5.07. The third kappa shape index (κ3) is 4.06. The number of ketones is 1. The molecule has 1 aromatic carbocycles. The summed E-state index contributed by atoms with van der Waals surface area (Å²) in [6.07, 6.45) is 0.695. The van der Waals surface area contributed by atoms with E-state index in [4.69, 9.17) is 11.6 Å². The zero-order valence-electron chi connectivity index (χ0n) is 17.0. The van der Waals surface area contributed by atoms with E-state index in [1.807, 2.05) is 25.1 Å². The molecule has 1 amide bonds. The number of rotatable bonds is 6. The molecule has 0 saturated carbocycles. The van der Waals surface area contributed by atoms with E-state index in [0.29, 0.717) is 40.5 Å². The van der Waals surface area contributed by atoms with Crippen LogP contribution in [0.3, 0.4) is 0 Å². The highest BCUT2D eigenvalue weighted by Crippen LogP contribution is 2.40. The van der Waals surface area contributed by atoms with Crippen LogP contribution in [0.1, 0.15) is 35.0 Å². The Morgan fingerprint density at radius 1 is 1.31 bits per heavy atom. The Morgan fingerprint density at radius 3 is 2.62 bits per heavy atom. The van der Waals surface area contributed by atoms with Crippen molar-refractivity contribution in [2.45, 2.75) is 26.3 Å². The largest absolute Gasteiger partial charge is 0.507 e. The second kappa shape index (κ2) is 8.39. The first-order valence-electron chi connectivity index (χ1n) is 9.43. The summed E-state index contributed by atoms with van der Waals surface area (Å²) in [5, 5.41) is 18.5. The molecule has 7 nitrogen and oxygen atoms in total. The van der Waals surface area contributed by atoms with Gasteiger partial charge in [-0.3, -0.25) is 14.7 Å². The molecule has 1 atom stereocenters. The summed E-state index contributed by atoms with van der Waals surface area (Å²) in [5.41, 5.74) is 2.38. The molecule has 1 fully saturated rings. The average Bonchev–Trinajstić information content (AvgIpc) is 3.12. The molecular formula is C21H25ClN4O3. The Hall–Kier alpha value is -2.64. The smallest absolute Gasteiger partial charge is 0.295 e. The van der Waals surface area contributed by atoms with Crippen molar-refractivity contribution < 1.29 is 14.7 Å². The maximum atomic E-state index is 13.0. The highest BCUT2D eigenvalue weighted by Gasteiger charge is 2.46. The quantitative estimate of drug-likeness (QED) is 0.429. The van der Waals surface area contributed by atoms with E-state index in [1.54, 1.807) is 32.0 Å². The maximum Gasteiger partial charge on any atom is 0.295 e. The Labute approximate surface area is 175 Å². The van der Waals surface area contributed by atoms with Gasteiger partial charge in [0.15, 0.2) is 0 Å². The fourth-order valence-electron chi connectivity index (χ4n) is 3.73. The van der Waals surface area contributed by atoms with Crippen molar-refractivity contribution in [1.82, 2.24) is 20.0 Å². The van der Waals surface area contributed by atoms with Gasteiger partial charge >= 0.3 is 0 Å². The molecule has 1 aliphatic rings. The van der Waals surface area contributed by atoms with Crippen LogP contribution < -0.4 is 0 Å². The normalized spacial score (nSPS) is 18.8. The molecule has 2 heterocycles. The highest BCUT2D eigenvalue weighted by atomic mass is 35.5. The first kappa shape index (κ1) is 21.1. The van der Waals surface area contributed by atoms with Gasteiger partial charge in [0.25, 0.3) is 11.7 Å². The highest BCUT2D eigenvalue weighted by molar-refractivity contribution is 6.46. The van der Waals surface area contributed by atoms with E-state index in [9.17, 15) is 14.7 Å². The zero-order chi connectivity index (χ0) is 21.3. The number of benzene rings is 1. The average molecular weight is 417 g/mol. The summed E-state index contributed by atoms with van der Waals surface area (Å²) in [4.78, 5) is 29.4. The van der Waals surface area contributed by atoms with Gasteiger partial charge in [-0.15, -0.1) is 0 Å². The zero-order valence-corrected chi connectivity index (χ0v) is 17.7. The van der Waals surface area contributed by atoms with E-state index in [2.05, 4.69) is 10.2 Å². The molecule has 0 unspecified atom stereocenters. The number of Topliss-reactive ketones (excluding diaryl/α,β-unsaturated/α-hetero) is 1. The predicted molar refractivity (Wildman–Crippen MR) is 112 cm³/mol. The number of aliphatic hydroxyl groups is 1. The van der Waals surface area contributed by atoms with Crippen LogP contribution in [0.5, 0.6) is 0 Å². The molecule has 0 radical (unpaired) electrons. The Morgan fingerprint density at radius 2 is 2.03 bits per heavy atom. The lowest BCUT2D eigenvalue weighted by Crippen LogP contribution is -2.32. The van der Waals surface area contributed by atoms with Crippen molar-refractivity contribution in [2.75, 3.05) is 27.2 Å². The van der Waals surface area contributed by atoms with Crippen LogP contribution in [0.25, 0.3) is 5.76 Å². The van der Waals surface area contributed by atoms with Gasteiger partial charge in [0.05, 0.1) is 22.9 Å². The van der Waals surface area contributed by atoms with Crippen molar-refractivity contribution >= 4 is 29.1 Å². The number of amides is 1. The minimum atomic E-state index is -0.704. The van der Waals surface area contributed by atoms with Crippen molar-refractivity contribution in [3.05, 3.63) is 57.4 Å². The number of carbonyl (C=O) groups is 2. The number of aryl methyl sites for hydroxylation is 2. The van der Waals surface area contributed by atoms with Crippen LogP contribution in [0.15, 0.2) is 29.8 Å². The Kier molecular flexibility index (Phi) is 6.10. The molecule has 1 aromatic heterocycles. The van der Waals surface area contributed by atoms with E-state index in [-0.39, 0.29) is 11.3 Å². The lowest BCUT2D eigenvalue weighted by Gasteiger charge is -2.26. The molecule has 0 spiro atoms. The van der Waals surface area contributed by atoms with Crippen molar-refractivity contribution in [2.24, 2.45) is 0 Å². The minimum absolute atomic E-state index is 0.0646. The molecule has 1 saturated heterocycles. The molecule has 0 aliphatic carbocycles. The second-order valence-electron chi connectivity index (χ2n) is 7.51. The van der Waals surface area contributed by atoms with Crippen LogP contribution >= 0.6 is 11.6 Å². The number of aromatic nitrogens is 2. The number of hydrogen-bond donors (Lipinski definition) is 2. The summed E-state index contributed by atoms with van der Waals surface area (Å²) in [6.45, 7) is 4.65. The van der Waals surface area contributed by atoms with Gasteiger partial charge in [-0.25, -0.2) is 0 Å². The lowest BCUT2D eigenvalue weighted by molar-refractivity contribution is -0.139. The summed E-state index contributed by atoms with van der Waals surface area (Å²) >= 11 is 6.18. The number of halogens is 1. The molecule has 154 valence electrons. The standard InChI is InChI=1S/C21H25ClN4O3/c1-12-16(13(2)24-23-12)19(27)17-18(14-7-5-8-15(22)11-14)26(21(29)20(17)28)10-6-9-25(3)4/h5,7-8,11,18,27H,6,9-10H2,1-4H3,(H,23,24)/t18-/m1/s1. The maximum absolute atomic E-state index is 13.0. The minimum Gasteiger partial charge on any atom is -0.507 e. The lowest BCUT2D eigenvalue weighted by atomic mass is 9.94. The molecule has 3 rings (SSSR count). The van der Waals surface area contributed by atoms with E-state index >= 15 is 0 Å². The first-order chi connectivity index (χ1) is 13.7. The van der Waals surface area contributed by atoms with E-state index in [0.717, 1.165) is 6.54 Å². The molecule has 1 aliphatic heterocycles. The van der Waals surface area contributed by atoms with Gasteiger partial charge in [-0.1, -0.05) is 23.7 Å². The van der Waals surface area contributed by atoms with Crippen LogP contribution in [0.2, 0.25) is 5.02 Å². The summed E-state index contributed by atoms with van der Waals surface area (Å²) in [7, 11) is 3.90. The van der Waals surface area contributed by atoms with E-state index in [1.165, 1.54) is 4.90 Å². The fraction of sp³-hybridized carbons (Fsp3) is 0.381. The number of nitrogens with zero attached hydrogens (tertiary/aromatic N) is 3. The number of aromatic amines is 1. The molecular weight excluding hydrogens is 392 g/mol. The van der Waals surface area contributed by atoms with Gasteiger partial charge in [-0.05, 0) is 58.6 Å². The number of H-pyrrole nitrogens is 1. The van der Waals surface area contributed by atoms with Crippen LogP contribution in [-0.2, 0) is 9.59 Å². The number of likely N-dealkylation sites (tertiary alicyclic amines) is 1. The number of nitrogens with one attached hydrogen (secondary N) is 1. The number of aliphatic hydroxyl groups excluding tert-OH is 1. The molecule has 2 N–H and O–H groups in total. The van der Waals surface area contributed by atoms with Gasteiger partial charge in [-0.2, -0.15) is 5.10 Å². The van der Waals surface area contributed by atoms with Gasteiger partial charge in [0, 0.05) is 17.3 Å². The van der Waals surface area contributed by atoms with Crippen molar-refractivity contribution in [3.63, 3.8) is 0 Å². The van der Waals surface area contributed by atoms with Gasteiger partial charge in [0.2, 0.25) is 0 Å². The van der Waals surface area contributed by atoms with Crippen LogP contribution in [-0.4, -0.2) is 64.0 Å². The van der Waals surface area contributed by atoms with Gasteiger partial charge < -0.3 is 14.9 Å². The molecule has 29 heavy (non-hydrogen) atoms. The molecule has 0 bridgehead atoms. The van der Waals surface area contributed by atoms with E-state index < -0.39 is 17.7 Å².